The second-order valence-corrected chi connectivity index (χ2v) is 6.22. The van der Waals surface area contributed by atoms with Crippen LogP contribution < -0.4 is 5.32 Å². The lowest BCUT2D eigenvalue weighted by Gasteiger charge is -2.07. The van der Waals surface area contributed by atoms with E-state index in [2.05, 4.69) is 20.8 Å². The Balaban J connectivity index is 1.32. The normalized spacial score (nSPS) is 32.1. The number of nitrogens with one attached hydrogen (secondary N) is 1. The van der Waals surface area contributed by atoms with Gasteiger partial charge in [0.2, 0.25) is 5.91 Å². The monoisotopic (exact) mass is 261 g/mol. The van der Waals surface area contributed by atoms with Gasteiger partial charge in [-0.25, -0.2) is 4.68 Å². The van der Waals surface area contributed by atoms with Crippen LogP contribution in [0, 0.1) is 23.7 Å². The van der Waals surface area contributed by atoms with Gasteiger partial charge in [0.1, 0.15) is 0 Å². The quantitative estimate of drug-likeness (QED) is 0.848. The number of carbonyl (C=O) groups excluding carboxylic acids is 1. The molecular formula is C13H19N5O. The molecule has 4 rings (SSSR count). The number of aromatic nitrogens is 4. The second-order valence-electron chi connectivity index (χ2n) is 6.22. The minimum absolute atomic E-state index is 0.204. The van der Waals surface area contributed by atoms with Gasteiger partial charge in [-0.1, -0.05) is 6.42 Å². The fourth-order valence-corrected chi connectivity index (χ4v) is 3.53. The van der Waals surface area contributed by atoms with Crippen LogP contribution in [0.3, 0.4) is 0 Å². The number of fused-ring (bicyclic) bond motifs is 1. The van der Waals surface area contributed by atoms with Gasteiger partial charge in [-0.2, -0.15) is 0 Å². The Morgan fingerprint density at radius 3 is 2.79 bits per heavy atom. The Kier molecular flexibility index (Phi) is 2.56. The topological polar surface area (TPSA) is 72.7 Å². The smallest absolute Gasteiger partial charge is 0.224 e. The van der Waals surface area contributed by atoms with Crippen molar-refractivity contribution >= 4 is 5.91 Å². The van der Waals surface area contributed by atoms with Crippen molar-refractivity contribution < 1.29 is 4.79 Å². The first kappa shape index (κ1) is 11.4. The maximum atomic E-state index is 12.1. The van der Waals surface area contributed by atoms with Crippen molar-refractivity contribution in [2.45, 2.75) is 45.2 Å². The third kappa shape index (κ3) is 2.13. The number of hydrogen-bond donors (Lipinski definition) is 1. The van der Waals surface area contributed by atoms with Gasteiger partial charge in [-0.05, 0) is 53.9 Å². The highest BCUT2D eigenvalue weighted by atomic mass is 16.2. The first-order valence-corrected chi connectivity index (χ1v) is 7.35. The van der Waals surface area contributed by atoms with E-state index >= 15 is 0 Å². The summed E-state index contributed by atoms with van der Waals surface area (Å²) in [5.74, 6) is 3.34. The van der Waals surface area contributed by atoms with Crippen molar-refractivity contribution in [1.29, 1.82) is 0 Å². The summed E-state index contributed by atoms with van der Waals surface area (Å²) in [7, 11) is 0. The van der Waals surface area contributed by atoms with Gasteiger partial charge in [0, 0.05) is 12.5 Å². The maximum absolute atomic E-state index is 12.1. The SMILES string of the molecule is O=C(NCc1nnnn1CC1CC1)C1[C@H]2CCC[C@H]12. The molecule has 3 fully saturated rings. The zero-order valence-corrected chi connectivity index (χ0v) is 11.0. The fourth-order valence-electron chi connectivity index (χ4n) is 3.53. The lowest BCUT2D eigenvalue weighted by atomic mass is 10.1. The predicted molar refractivity (Wildman–Crippen MR) is 66.7 cm³/mol. The first-order chi connectivity index (χ1) is 9.33. The van der Waals surface area contributed by atoms with E-state index in [1.807, 2.05) is 4.68 Å². The van der Waals surface area contributed by atoms with E-state index in [-0.39, 0.29) is 11.8 Å². The third-order valence-corrected chi connectivity index (χ3v) is 4.86. The van der Waals surface area contributed by atoms with Gasteiger partial charge < -0.3 is 5.32 Å². The van der Waals surface area contributed by atoms with E-state index in [1.54, 1.807) is 0 Å². The maximum Gasteiger partial charge on any atom is 0.224 e. The van der Waals surface area contributed by atoms with E-state index in [0.717, 1.165) is 18.3 Å². The standard InChI is InChI=1S/C13H19N5O/c19-13(12-9-2-1-3-10(9)12)14-6-11-15-16-17-18(11)7-8-4-5-8/h8-10,12H,1-7H2,(H,14,19)/t9-,10-/m0/s1. The minimum atomic E-state index is 0.204. The van der Waals surface area contributed by atoms with Gasteiger partial charge in [-0.15, -0.1) is 5.10 Å². The molecule has 1 aromatic heterocycles. The van der Waals surface area contributed by atoms with Crippen molar-refractivity contribution in [3.63, 3.8) is 0 Å². The van der Waals surface area contributed by atoms with Crippen LogP contribution in [-0.4, -0.2) is 26.1 Å². The lowest BCUT2D eigenvalue weighted by Crippen LogP contribution is -2.28. The van der Waals surface area contributed by atoms with E-state index in [1.165, 1.54) is 32.1 Å². The number of tetrazole rings is 1. The van der Waals surface area contributed by atoms with Crippen molar-refractivity contribution in [2.75, 3.05) is 0 Å². The lowest BCUT2D eigenvalue weighted by molar-refractivity contribution is -0.123. The van der Waals surface area contributed by atoms with Crippen LogP contribution in [0.4, 0.5) is 0 Å². The summed E-state index contributed by atoms with van der Waals surface area (Å²) >= 11 is 0. The largest absolute Gasteiger partial charge is 0.348 e. The summed E-state index contributed by atoms with van der Waals surface area (Å²) in [6.07, 6.45) is 6.33. The van der Waals surface area contributed by atoms with Gasteiger partial charge in [-0.3, -0.25) is 4.79 Å². The molecule has 0 unspecified atom stereocenters. The van der Waals surface area contributed by atoms with Crippen LogP contribution in [0.25, 0.3) is 0 Å². The van der Waals surface area contributed by atoms with Crippen LogP contribution in [0.1, 0.15) is 37.9 Å². The molecule has 0 spiro atoms. The molecule has 0 radical (unpaired) electrons. The van der Waals surface area contributed by atoms with Crippen molar-refractivity contribution in [3.05, 3.63) is 5.82 Å². The number of hydrogen-bond acceptors (Lipinski definition) is 4. The van der Waals surface area contributed by atoms with E-state index < -0.39 is 0 Å². The second kappa shape index (κ2) is 4.28. The molecule has 2 atom stereocenters. The molecule has 0 aliphatic heterocycles. The molecule has 0 saturated heterocycles. The van der Waals surface area contributed by atoms with Gasteiger partial charge in [0.15, 0.2) is 5.82 Å². The molecule has 19 heavy (non-hydrogen) atoms. The Bertz CT molecular complexity index is 485. The number of rotatable bonds is 5. The predicted octanol–water partition coefficient (Wildman–Crippen LogP) is 0.745. The molecule has 0 aromatic carbocycles. The molecule has 6 nitrogen and oxygen atoms in total. The molecule has 3 aliphatic rings. The molecule has 1 amide bonds. The first-order valence-electron chi connectivity index (χ1n) is 7.35. The van der Waals surface area contributed by atoms with Gasteiger partial charge in [0.05, 0.1) is 6.54 Å². The van der Waals surface area contributed by atoms with Crippen LogP contribution in [0.2, 0.25) is 0 Å². The molecule has 102 valence electrons. The summed E-state index contributed by atoms with van der Waals surface area (Å²) in [5, 5.41) is 14.7. The van der Waals surface area contributed by atoms with Crippen molar-refractivity contribution in [2.24, 2.45) is 23.7 Å². The molecule has 0 bridgehead atoms. The zero-order valence-electron chi connectivity index (χ0n) is 11.0. The summed E-state index contributed by atoms with van der Waals surface area (Å²) in [4.78, 5) is 12.1. The Morgan fingerprint density at radius 1 is 1.26 bits per heavy atom. The summed E-state index contributed by atoms with van der Waals surface area (Å²) in [6, 6.07) is 0. The highest BCUT2D eigenvalue weighted by Crippen LogP contribution is 2.57. The number of amides is 1. The van der Waals surface area contributed by atoms with E-state index in [4.69, 9.17) is 0 Å². The van der Waals surface area contributed by atoms with Crippen LogP contribution >= 0.6 is 0 Å². The highest BCUT2D eigenvalue weighted by Gasteiger charge is 2.56. The van der Waals surface area contributed by atoms with Crippen molar-refractivity contribution in [3.8, 4) is 0 Å². The fraction of sp³-hybridized carbons (Fsp3) is 0.846. The van der Waals surface area contributed by atoms with Gasteiger partial charge >= 0.3 is 0 Å². The molecule has 1 aromatic rings. The molecule has 1 N–H and O–H groups in total. The molecule has 3 aliphatic carbocycles. The number of nitrogens with zero attached hydrogens (tertiary/aromatic N) is 4. The summed E-state index contributed by atoms with van der Waals surface area (Å²) in [6.45, 7) is 1.36. The third-order valence-electron chi connectivity index (χ3n) is 4.86. The highest BCUT2D eigenvalue weighted by molar-refractivity contribution is 5.82. The Labute approximate surface area is 111 Å². The van der Waals surface area contributed by atoms with E-state index in [0.29, 0.717) is 18.4 Å². The number of carbonyl (C=O) groups is 1. The van der Waals surface area contributed by atoms with Crippen LogP contribution in [0.15, 0.2) is 0 Å². The average molecular weight is 261 g/mol. The molecule has 6 heteroatoms. The van der Waals surface area contributed by atoms with Crippen molar-refractivity contribution in [1.82, 2.24) is 25.5 Å². The molecular weight excluding hydrogens is 242 g/mol. The Morgan fingerprint density at radius 2 is 2.05 bits per heavy atom. The molecule has 3 saturated carbocycles. The van der Waals surface area contributed by atoms with Crippen LogP contribution in [-0.2, 0) is 17.9 Å². The minimum Gasteiger partial charge on any atom is -0.348 e. The average Bonchev–Trinajstić information content (AvgIpc) is 3.24. The summed E-state index contributed by atoms with van der Waals surface area (Å²) in [5.41, 5.74) is 0. The Hall–Kier alpha value is -1.46. The van der Waals surface area contributed by atoms with E-state index in [9.17, 15) is 4.79 Å². The van der Waals surface area contributed by atoms with Crippen LogP contribution in [0.5, 0.6) is 0 Å². The molecule has 1 heterocycles. The zero-order chi connectivity index (χ0) is 12.8. The van der Waals surface area contributed by atoms with Gasteiger partial charge in [0.25, 0.3) is 0 Å². The summed E-state index contributed by atoms with van der Waals surface area (Å²) < 4.78 is 1.84.